The number of nitrogens with zero attached hydrogens (tertiary/aromatic N) is 4. The predicted molar refractivity (Wildman–Crippen MR) is 128 cm³/mol. The summed E-state index contributed by atoms with van der Waals surface area (Å²) in [4.78, 5) is 4.64. The average Bonchev–Trinajstić information content (AvgIpc) is 2.96. The van der Waals surface area contributed by atoms with E-state index in [9.17, 15) is 0 Å². The van der Waals surface area contributed by atoms with E-state index >= 15 is 0 Å². The summed E-state index contributed by atoms with van der Waals surface area (Å²) in [6.45, 7) is 6.28. The van der Waals surface area contributed by atoms with Gasteiger partial charge in [-0.1, -0.05) is 42.6 Å². The highest BCUT2D eigenvalue weighted by Gasteiger charge is 2.06. The molecule has 0 spiro atoms. The standard InChI is InChI=1S/C19H28Cl2N6.HI/c1-4-5-10-22-19(24-13-18-26-25-14(2)27(18)3)23-11-6-7-15-8-9-16(20)12-17(15)21;/h8-9,12H,4-7,10-11,13H2,1-3H3,(H2,22,23,24);1H. The quantitative estimate of drug-likeness (QED) is 0.213. The average molecular weight is 539 g/mol. The Bertz CT molecular complexity index is 763. The lowest BCUT2D eigenvalue weighted by Crippen LogP contribution is -2.38. The largest absolute Gasteiger partial charge is 0.356 e. The van der Waals surface area contributed by atoms with Crippen molar-refractivity contribution in [1.82, 2.24) is 25.4 Å². The Morgan fingerprint density at radius 2 is 1.86 bits per heavy atom. The fourth-order valence-electron chi connectivity index (χ4n) is 2.51. The molecule has 0 atom stereocenters. The van der Waals surface area contributed by atoms with Crippen molar-refractivity contribution < 1.29 is 0 Å². The lowest BCUT2D eigenvalue weighted by atomic mass is 10.1. The molecule has 0 radical (unpaired) electrons. The second-order valence-electron chi connectivity index (χ2n) is 6.43. The molecular formula is C19H29Cl2IN6. The smallest absolute Gasteiger partial charge is 0.191 e. The molecule has 0 bridgehead atoms. The molecule has 1 heterocycles. The number of unbranched alkanes of at least 4 members (excludes halogenated alkanes) is 1. The zero-order chi connectivity index (χ0) is 19.6. The number of aryl methyl sites for hydroxylation is 2. The van der Waals surface area contributed by atoms with Gasteiger partial charge in [-0.3, -0.25) is 0 Å². The molecule has 9 heteroatoms. The number of rotatable bonds is 9. The molecule has 0 saturated carbocycles. The number of guanidine groups is 1. The monoisotopic (exact) mass is 538 g/mol. The van der Waals surface area contributed by atoms with Crippen LogP contribution >= 0.6 is 47.2 Å². The lowest BCUT2D eigenvalue weighted by Gasteiger charge is -2.13. The Morgan fingerprint density at radius 1 is 1.14 bits per heavy atom. The van der Waals surface area contributed by atoms with Gasteiger partial charge < -0.3 is 15.2 Å². The predicted octanol–water partition coefficient (Wildman–Crippen LogP) is 4.52. The minimum atomic E-state index is 0. The van der Waals surface area contributed by atoms with E-state index in [1.165, 1.54) is 0 Å². The van der Waals surface area contributed by atoms with Gasteiger partial charge in [0.2, 0.25) is 0 Å². The molecule has 0 aliphatic heterocycles. The van der Waals surface area contributed by atoms with Crippen LogP contribution in [0.5, 0.6) is 0 Å². The molecule has 0 aliphatic carbocycles. The first-order chi connectivity index (χ1) is 13.0. The van der Waals surface area contributed by atoms with E-state index in [1.54, 1.807) is 6.07 Å². The van der Waals surface area contributed by atoms with Crippen LogP contribution in [0.4, 0.5) is 0 Å². The number of nitrogens with one attached hydrogen (secondary N) is 2. The van der Waals surface area contributed by atoms with Gasteiger partial charge in [0.25, 0.3) is 0 Å². The van der Waals surface area contributed by atoms with E-state index in [4.69, 9.17) is 23.2 Å². The molecule has 156 valence electrons. The third-order valence-corrected chi connectivity index (χ3v) is 4.90. The summed E-state index contributed by atoms with van der Waals surface area (Å²) in [7, 11) is 1.95. The van der Waals surface area contributed by atoms with Crippen LogP contribution in [0.1, 0.15) is 43.4 Å². The van der Waals surface area contributed by atoms with Gasteiger partial charge in [-0.05, 0) is 43.9 Å². The molecule has 28 heavy (non-hydrogen) atoms. The Balaban J connectivity index is 0.00000392. The highest BCUT2D eigenvalue weighted by molar-refractivity contribution is 14.0. The van der Waals surface area contributed by atoms with Crippen LogP contribution in [-0.2, 0) is 20.0 Å². The maximum Gasteiger partial charge on any atom is 0.191 e. The third kappa shape index (κ3) is 8.13. The Kier molecular flexibility index (Phi) is 11.8. The number of aromatic nitrogens is 3. The van der Waals surface area contributed by atoms with Crippen LogP contribution in [0.25, 0.3) is 0 Å². The van der Waals surface area contributed by atoms with Gasteiger partial charge in [0.1, 0.15) is 12.4 Å². The Morgan fingerprint density at radius 3 is 2.46 bits per heavy atom. The lowest BCUT2D eigenvalue weighted by molar-refractivity contribution is 0.700. The first-order valence-electron chi connectivity index (χ1n) is 9.32. The van der Waals surface area contributed by atoms with Crippen molar-refractivity contribution >= 4 is 53.1 Å². The molecule has 1 aromatic carbocycles. The van der Waals surface area contributed by atoms with Crippen molar-refractivity contribution in [3.63, 3.8) is 0 Å². The molecule has 2 aromatic rings. The number of hydrogen-bond acceptors (Lipinski definition) is 3. The molecular weight excluding hydrogens is 510 g/mol. The minimum Gasteiger partial charge on any atom is -0.356 e. The number of aliphatic imine (C=N–C) groups is 1. The molecule has 0 unspecified atom stereocenters. The van der Waals surface area contributed by atoms with E-state index < -0.39 is 0 Å². The molecule has 6 nitrogen and oxygen atoms in total. The van der Waals surface area contributed by atoms with E-state index in [-0.39, 0.29) is 24.0 Å². The van der Waals surface area contributed by atoms with Gasteiger partial charge in [0.05, 0.1) is 0 Å². The number of benzene rings is 1. The maximum atomic E-state index is 6.23. The van der Waals surface area contributed by atoms with Crippen molar-refractivity contribution in [2.75, 3.05) is 13.1 Å². The second-order valence-corrected chi connectivity index (χ2v) is 7.28. The summed E-state index contributed by atoms with van der Waals surface area (Å²) in [6.07, 6.45) is 4.06. The van der Waals surface area contributed by atoms with Crippen molar-refractivity contribution in [3.8, 4) is 0 Å². The van der Waals surface area contributed by atoms with Crippen LogP contribution < -0.4 is 10.6 Å². The SMILES string of the molecule is CCCCNC(=NCc1nnc(C)n1C)NCCCc1ccc(Cl)cc1Cl.I. The van der Waals surface area contributed by atoms with Crippen LogP contribution in [0.3, 0.4) is 0 Å². The number of hydrogen-bond donors (Lipinski definition) is 2. The molecule has 1 aromatic heterocycles. The molecule has 0 amide bonds. The molecule has 0 aliphatic rings. The van der Waals surface area contributed by atoms with Crippen LogP contribution in [-0.4, -0.2) is 33.8 Å². The number of halogens is 3. The summed E-state index contributed by atoms with van der Waals surface area (Å²) < 4.78 is 1.95. The summed E-state index contributed by atoms with van der Waals surface area (Å²) in [5.41, 5.74) is 1.11. The first-order valence-corrected chi connectivity index (χ1v) is 10.1. The van der Waals surface area contributed by atoms with Crippen molar-refractivity contribution in [2.45, 2.75) is 46.1 Å². The van der Waals surface area contributed by atoms with E-state index in [1.807, 2.05) is 30.7 Å². The maximum absolute atomic E-state index is 6.23. The molecule has 0 fully saturated rings. The van der Waals surface area contributed by atoms with Gasteiger partial charge in [0.15, 0.2) is 11.8 Å². The van der Waals surface area contributed by atoms with Gasteiger partial charge in [-0.25, -0.2) is 4.99 Å². The van der Waals surface area contributed by atoms with Crippen LogP contribution in [0.2, 0.25) is 10.0 Å². The highest BCUT2D eigenvalue weighted by atomic mass is 127. The minimum absolute atomic E-state index is 0. The zero-order valence-corrected chi connectivity index (χ0v) is 20.5. The van der Waals surface area contributed by atoms with E-state index in [0.717, 1.165) is 67.0 Å². The van der Waals surface area contributed by atoms with Crippen molar-refractivity contribution in [2.24, 2.45) is 12.0 Å². The molecule has 2 rings (SSSR count). The summed E-state index contributed by atoms with van der Waals surface area (Å²) in [5, 5.41) is 16.4. The third-order valence-electron chi connectivity index (χ3n) is 4.31. The van der Waals surface area contributed by atoms with Crippen molar-refractivity contribution in [1.29, 1.82) is 0 Å². The van der Waals surface area contributed by atoms with Gasteiger partial charge >= 0.3 is 0 Å². The van der Waals surface area contributed by atoms with Gasteiger partial charge in [0, 0.05) is 30.2 Å². The Labute approximate surface area is 194 Å². The van der Waals surface area contributed by atoms with E-state index in [2.05, 4.69) is 32.7 Å². The Hall–Kier alpha value is -1.06. The summed E-state index contributed by atoms with van der Waals surface area (Å²) >= 11 is 12.2. The highest BCUT2D eigenvalue weighted by Crippen LogP contribution is 2.21. The normalized spacial score (nSPS) is 11.2. The second kappa shape index (κ2) is 13.2. The van der Waals surface area contributed by atoms with Crippen LogP contribution in [0.15, 0.2) is 23.2 Å². The van der Waals surface area contributed by atoms with Crippen molar-refractivity contribution in [3.05, 3.63) is 45.5 Å². The molecule has 0 saturated heterocycles. The van der Waals surface area contributed by atoms with E-state index in [0.29, 0.717) is 11.6 Å². The fraction of sp³-hybridized carbons (Fsp3) is 0.526. The molecule has 2 N–H and O–H groups in total. The first kappa shape index (κ1) is 25.0. The van der Waals surface area contributed by atoms with Gasteiger partial charge in [-0.2, -0.15) is 0 Å². The fourth-order valence-corrected chi connectivity index (χ4v) is 3.01. The van der Waals surface area contributed by atoms with Gasteiger partial charge in [-0.15, -0.1) is 34.2 Å². The summed E-state index contributed by atoms with van der Waals surface area (Å²) in [6, 6.07) is 5.64. The summed E-state index contributed by atoms with van der Waals surface area (Å²) in [5.74, 6) is 2.52. The zero-order valence-electron chi connectivity index (χ0n) is 16.6. The topological polar surface area (TPSA) is 67.1 Å². The van der Waals surface area contributed by atoms with Crippen LogP contribution in [0, 0.1) is 6.92 Å².